The Labute approximate surface area is 311 Å². The van der Waals surface area contributed by atoms with Gasteiger partial charge in [0, 0.05) is 9.40 Å². The number of hydrogen-bond acceptors (Lipinski definition) is 9. The molecule has 272 valence electrons. The first-order valence-corrected chi connectivity index (χ1v) is 21.1. The fourth-order valence-corrected chi connectivity index (χ4v) is 9.39. The van der Waals surface area contributed by atoms with E-state index in [1.54, 1.807) is 116 Å². The number of carboxylic acids is 1. The summed E-state index contributed by atoms with van der Waals surface area (Å²) in [5, 5.41) is 15.2. The SMILES string of the molecule is CC(C)(C)OC(=O)[C@H](NS(=O)(=O)Cc1ccc2sccc2c1)c1ccccc1.O=C(O)[C@H](NS(=O)(=O)Cc1ccc2sccc2c1)c1ccccc1. The second-order valence-electron chi connectivity index (χ2n) is 12.9. The number of ether oxygens (including phenoxy) is 1. The van der Waals surface area contributed by atoms with Crippen molar-refractivity contribution < 1.29 is 36.3 Å². The average molecular weight is 779 g/mol. The van der Waals surface area contributed by atoms with Crippen LogP contribution in [0, 0.1) is 0 Å². The molecule has 10 nitrogen and oxygen atoms in total. The van der Waals surface area contributed by atoms with Crippen molar-refractivity contribution in [2.45, 2.75) is 50.0 Å². The van der Waals surface area contributed by atoms with Gasteiger partial charge in [0.15, 0.2) is 0 Å². The molecule has 0 fully saturated rings. The van der Waals surface area contributed by atoms with Crippen molar-refractivity contribution in [3.05, 3.63) is 142 Å². The Bertz CT molecular complexity index is 2370. The lowest BCUT2D eigenvalue weighted by Gasteiger charge is -2.24. The van der Waals surface area contributed by atoms with E-state index in [9.17, 15) is 31.5 Å². The lowest BCUT2D eigenvalue weighted by Crippen LogP contribution is -2.38. The molecule has 3 N–H and O–H groups in total. The Morgan fingerprint density at radius 1 is 0.654 bits per heavy atom. The third kappa shape index (κ3) is 11.0. The van der Waals surface area contributed by atoms with Crippen LogP contribution in [0.1, 0.15) is 55.1 Å². The predicted molar refractivity (Wildman–Crippen MR) is 207 cm³/mol. The summed E-state index contributed by atoms with van der Waals surface area (Å²) in [6.07, 6.45) is 0. The van der Waals surface area contributed by atoms with Gasteiger partial charge in [-0.15, -0.1) is 22.7 Å². The second kappa shape index (κ2) is 16.5. The Morgan fingerprint density at radius 2 is 1.08 bits per heavy atom. The number of fused-ring (bicyclic) bond motifs is 2. The molecule has 0 aliphatic rings. The van der Waals surface area contributed by atoms with Gasteiger partial charge in [0.1, 0.15) is 17.7 Å². The standard InChI is InChI=1S/C21H23NO4S2.C17H15NO4S2/c1-21(2,3)26-20(23)19(16-7-5-4-6-8-16)22-28(24,25)14-15-9-10-18-17(13-15)11-12-27-18;19-17(20)16(13-4-2-1-3-5-13)18-24(21,22)11-12-6-7-15-14(10-12)8-9-23-15/h4-13,19,22H,14H2,1-3H3;1-10,16,18H,11H2,(H,19,20)/t19-;16-/m11/s1. The molecule has 0 aliphatic heterocycles. The van der Waals surface area contributed by atoms with Crippen molar-refractivity contribution in [3.63, 3.8) is 0 Å². The molecule has 0 saturated heterocycles. The molecule has 6 aromatic rings. The molecule has 2 atom stereocenters. The van der Waals surface area contributed by atoms with Crippen LogP contribution in [-0.2, 0) is 45.9 Å². The fourth-order valence-electron chi connectivity index (χ4n) is 5.26. The van der Waals surface area contributed by atoms with E-state index in [-0.39, 0.29) is 11.5 Å². The molecule has 0 radical (unpaired) electrons. The number of carbonyl (C=O) groups excluding carboxylic acids is 1. The topological polar surface area (TPSA) is 156 Å². The minimum atomic E-state index is -3.81. The van der Waals surface area contributed by atoms with Gasteiger partial charge in [0.05, 0.1) is 11.5 Å². The van der Waals surface area contributed by atoms with Crippen LogP contribution < -0.4 is 9.44 Å². The molecule has 52 heavy (non-hydrogen) atoms. The summed E-state index contributed by atoms with van der Waals surface area (Å²) in [7, 11) is -7.59. The number of rotatable bonds is 12. The van der Waals surface area contributed by atoms with Crippen LogP contribution >= 0.6 is 22.7 Å². The highest BCUT2D eigenvalue weighted by Gasteiger charge is 2.31. The van der Waals surface area contributed by atoms with Gasteiger partial charge in [-0.2, -0.15) is 9.44 Å². The van der Waals surface area contributed by atoms with Crippen LogP contribution in [0.3, 0.4) is 0 Å². The maximum absolute atomic E-state index is 12.8. The van der Waals surface area contributed by atoms with Crippen LogP contribution in [0.15, 0.2) is 120 Å². The highest BCUT2D eigenvalue weighted by molar-refractivity contribution is 7.89. The van der Waals surface area contributed by atoms with Gasteiger partial charge >= 0.3 is 11.9 Å². The highest BCUT2D eigenvalue weighted by Crippen LogP contribution is 2.25. The monoisotopic (exact) mass is 778 g/mol. The molecule has 4 aromatic carbocycles. The maximum Gasteiger partial charge on any atom is 0.329 e. The second-order valence-corrected chi connectivity index (χ2v) is 18.3. The Kier molecular flexibility index (Phi) is 12.3. The molecule has 6 rings (SSSR count). The summed E-state index contributed by atoms with van der Waals surface area (Å²) < 4.78 is 62.8. The van der Waals surface area contributed by atoms with Gasteiger partial charge in [-0.1, -0.05) is 72.8 Å². The van der Waals surface area contributed by atoms with Crippen LogP contribution in [0.5, 0.6) is 0 Å². The minimum Gasteiger partial charge on any atom is -0.480 e. The quantitative estimate of drug-likeness (QED) is 0.108. The Hall–Kier alpha value is -4.44. The van der Waals surface area contributed by atoms with Crippen molar-refractivity contribution in [1.29, 1.82) is 0 Å². The van der Waals surface area contributed by atoms with E-state index in [2.05, 4.69) is 9.44 Å². The van der Waals surface area contributed by atoms with Gasteiger partial charge in [-0.05, 0) is 101 Å². The molecule has 14 heteroatoms. The lowest BCUT2D eigenvalue weighted by molar-refractivity contribution is -0.157. The number of aliphatic carboxylic acids is 1. The molecular weight excluding hydrogens is 741 g/mol. The highest BCUT2D eigenvalue weighted by atomic mass is 32.2. The number of esters is 1. The number of thiophene rings is 2. The van der Waals surface area contributed by atoms with Gasteiger partial charge in [0.2, 0.25) is 20.0 Å². The first-order valence-electron chi connectivity index (χ1n) is 16.1. The summed E-state index contributed by atoms with van der Waals surface area (Å²) in [5.41, 5.74) is 1.48. The summed E-state index contributed by atoms with van der Waals surface area (Å²) in [6.45, 7) is 5.24. The number of hydrogen-bond donors (Lipinski definition) is 3. The first-order chi connectivity index (χ1) is 24.6. The number of benzene rings is 4. The average Bonchev–Trinajstić information content (AvgIpc) is 3.75. The van der Waals surface area contributed by atoms with E-state index in [0.29, 0.717) is 22.3 Å². The first kappa shape index (κ1) is 38.8. The summed E-state index contributed by atoms with van der Waals surface area (Å²) in [5.74, 6) is -2.35. The third-order valence-electron chi connectivity index (χ3n) is 7.50. The van der Waals surface area contributed by atoms with Crippen molar-refractivity contribution in [2.75, 3.05) is 0 Å². The summed E-state index contributed by atoms with van der Waals surface area (Å²) in [6, 6.07) is 29.4. The molecule has 0 unspecified atom stereocenters. The van der Waals surface area contributed by atoms with Crippen LogP contribution in [0.2, 0.25) is 0 Å². The van der Waals surface area contributed by atoms with Gasteiger partial charge in [0.25, 0.3) is 0 Å². The molecule has 0 saturated carbocycles. The zero-order chi connectivity index (χ0) is 37.5. The van der Waals surface area contributed by atoms with Crippen molar-refractivity contribution in [3.8, 4) is 0 Å². The van der Waals surface area contributed by atoms with E-state index in [0.717, 1.165) is 20.2 Å². The van der Waals surface area contributed by atoms with Crippen LogP contribution in [-0.4, -0.2) is 39.5 Å². The molecule has 0 amide bonds. The fraction of sp³-hybridized carbons (Fsp3) is 0.211. The number of carboxylic acid groups (broad SMARTS) is 1. The molecule has 0 aliphatic carbocycles. The van der Waals surface area contributed by atoms with E-state index in [1.807, 2.05) is 47.2 Å². The van der Waals surface area contributed by atoms with Crippen molar-refractivity contribution in [2.24, 2.45) is 0 Å². The predicted octanol–water partition coefficient (Wildman–Crippen LogP) is 7.55. The van der Waals surface area contributed by atoms with Crippen molar-refractivity contribution >= 4 is 74.8 Å². The lowest BCUT2D eigenvalue weighted by atomic mass is 10.1. The van der Waals surface area contributed by atoms with E-state index in [1.165, 1.54) is 0 Å². The van der Waals surface area contributed by atoms with Crippen molar-refractivity contribution in [1.82, 2.24) is 9.44 Å². The summed E-state index contributed by atoms with van der Waals surface area (Å²) in [4.78, 5) is 24.1. The summed E-state index contributed by atoms with van der Waals surface area (Å²) >= 11 is 3.19. The molecule has 2 aromatic heterocycles. The van der Waals surface area contributed by atoms with E-state index in [4.69, 9.17) is 4.74 Å². The maximum atomic E-state index is 12.8. The molecule has 0 bridgehead atoms. The molecule has 0 spiro atoms. The zero-order valence-electron chi connectivity index (χ0n) is 28.6. The number of nitrogens with one attached hydrogen (secondary N) is 2. The Balaban J connectivity index is 0.000000203. The van der Waals surface area contributed by atoms with Crippen LogP contribution in [0.4, 0.5) is 0 Å². The largest absolute Gasteiger partial charge is 0.480 e. The molecular formula is C38H38N2O8S4. The van der Waals surface area contributed by atoms with Gasteiger partial charge in [-0.25, -0.2) is 21.6 Å². The number of sulfonamides is 2. The number of carbonyl (C=O) groups is 2. The molecule has 2 heterocycles. The normalized spacial score (nSPS) is 13.2. The van der Waals surface area contributed by atoms with Crippen LogP contribution in [0.25, 0.3) is 20.2 Å². The minimum absolute atomic E-state index is 0.217. The van der Waals surface area contributed by atoms with E-state index < -0.39 is 49.7 Å². The third-order valence-corrected chi connectivity index (χ3v) is 11.9. The smallest absolute Gasteiger partial charge is 0.329 e. The van der Waals surface area contributed by atoms with E-state index >= 15 is 0 Å². The van der Waals surface area contributed by atoms with Gasteiger partial charge in [-0.3, -0.25) is 4.79 Å². The van der Waals surface area contributed by atoms with Gasteiger partial charge < -0.3 is 9.84 Å². The zero-order valence-corrected chi connectivity index (χ0v) is 31.8. The Morgan fingerprint density at radius 3 is 1.50 bits per heavy atom.